The molecule has 0 bridgehead atoms. The summed E-state index contributed by atoms with van der Waals surface area (Å²) >= 11 is 0. The lowest BCUT2D eigenvalue weighted by Crippen LogP contribution is -2.36. The largest absolute Gasteiger partial charge is 0.378 e. The molecule has 2 aromatic heterocycles. The molecular formula is C31H37N7O3. The van der Waals surface area contributed by atoms with Crippen LogP contribution in [0.15, 0.2) is 65.8 Å². The quantitative estimate of drug-likeness (QED) is 0.335. The van der Waals surface area contributed by atoms with Gasteiger partial charge in [-0.25, -0.2) is 9.97 Å². The lowest BCUT2D eigenvalue weighted by Gasteiger charge is -2.27. The van der Waals surface area contributed by atoms with Gasteiger partial charge in [0.25, 0.3) is 11.5 Å². The van der Waals surface area contributed by atoms with Gasteiger partial charge in [0, 0.05) is 44.1 Å². The van der Waals surface area contributed by atoms with Gasteiger partial charge >= 0.3 is 0 Å². The summed E-state index contributed by atoms with van der Waals surface area (Å²) in [5.74, 6) is 0.504. The summed E-state index contributed by atoms with van der Waals surface area (Å²) in [6, 6.07) is 14.7. The smallest absolute Gasteiger partial charge is 0.265 e. The third-order valence-electron chi connectivity index (χ3n) is 7.35. The number of aromatic nitrogens is 3. The minimum atomic E-state index is -0.248. The maximum atomic E-state index is 13.7. The number of amides is 1. The summed E-state index contributed by atoms with van der Waals surface area (Å²) < 4.78 is 6.97. The van der Waals surface area contributed by atoms with E-state index >= 15 is 0 Å². The van der Waals surface area contributed by atoms with Crippen molar-refractivity contribution < 1.29 is 9.53 Å². The van der Waals surface area contributed by atoms with Crippen molar-refractivity contribution in [3.63, 3.8) is 0 Å². The van der Waals surface area contributed by atoms with Crippen LogP contribution in [0.4, 0.5) is 17.2 Å². The van der Waals surface area contributed by atoms with Crippen LogP contribution in [-0.4, -0.2) is 85.9 Å². The second kappa shape index (κ2) is 12.5. The molecule has 1 amide bonds. The van der Waals surface area contributed by atoms with Crippen LogP contribution in [0, 0.1) is 6.92 Å². The number of para-hydroxylation sites is 1. The van der Waals surface area contributed by atoms with Crippen molar-refractivity contribution >= 4 is 34.0 Å². The van der Waals surface area contributed by atoms with Crippen molar-refractivity contribution in [1.29, 1.82) is 0 Å². The van der Waals surface area contributed by atoms with E-state index in [-0.39, 0.29) is 11.5 Å². The molecule has 0 saturated carbocycles. The van der Waals surface area contributed by atoms with E-state index < -0.39 is 0 Å². The fraction of sp³-hybridized carbons (Fsp3) is 0.355. The Balaban J connectivity index is 1.39. The number of aryl methyl sites for hydroxylation is 1. The third-order valence-corrected chi connectivity index (χ3v) is 7.35. The maximum absolute atomic E-state index is 13.7. The molecule has 0 radical (unpaired) electrons. The van der Waals surface area contributed by atoms with E-state index in [1.165, 1.54) is 0 Å². The van der Waals surface area contributed by atoms with E-state index in [0.717, 1.165) is 49.7 Å². The van der Waals surface area contributed by atoms with E-state index in [2.05, 4.69) is 39.1 Å². The van der Waals surface area contributed by atoms with Crippen LogP contribution in [-0.2, 0) is 4.74 Å². The van der Waals surface area contributed by atoms with Gasteiger partial charge in [0.2, 0.25) is 0 Å². The van der Waals surface area contributed by atoms with Gasteiger partial charge in [-0.2, -0.15) is 0 Å². The first-order chi connectivity index (χ1) is 19.8. The number of carbonyl (C=O) groups is 1. The molecule has 1 fully saturated rings. The molecule has 10 heteroatoms. The lowest BCUT2D eigenvalue weighted by atomic mass is 10.1. The molecule has 1 aliphatic rings. The summed E-state index contributed by atoms with van der Waals surface area (Å²) in [5.41, 5.74) is 4.10. The van der Waals surface area contributed by atoms with E-state index in [9.17, 15) is 9.59 Å². The molecular weight excluding hydrogens is 518 g/mol. The van der Waals surface area contributed by atoms with E-state index in [1.54, 1.807) is 29.2 Å². The van der Waals surface area contributed by atoms with Crippen molar-refractivity contribution in [1.82, 2.24) is 19.4 Å². The highest BCUT2D eigenvalue weighted by Gasteiger charge is 2.17. The first-order valence-corrected chi connectivity index (χ1v) is 13.9. The molecule has 214 valence electrons. The second-order valence-corrected chi connectivity index (χ2v) is 10.6. The molecule has 4 aromatic rings. The summed E-state index contributed by atoms with van der Waals surface area (Å²) in [7, 11) is 6.15. The van der Waals surface area contributed by atoms with Gasteiger partial charge in [-0.1, -0.05) is 12.1 Å². The molecule has 1 saturated heterocycles. The zero-order chi connectivity index (χ0) is 28.9. The average molecular weight is 556 g/mol. The number of hydrogen-bond acceptors (Lipinski definition) is 8. The van der Waals surface area contributed by atoms with Crippen LogP contribution in [0.3, 0.4) is 0 Å². The van der Waals surface area contributed by atoms with Gasteiger partial charge in [0.15, 0.2) is 0 Å². The van der Waals surface area contributed by atoms with E-state index in [0.29, 0.717) is 41.1 Å². The van der Waals surface area contributed by atoms with Gasteiger partial charge in [0.1, 0.15) is 17.7 Å². The highest BCUT2D eigenvalue weighted by molar-refractivity contribution is 6.04. The Hall–Kier alpha value is -4.28. The van der Waals surface area contributed by atoms with Gasteiger partial charge in [0.05, 0.1) is 30.0 Å². The Bertz CT molecular complexity index is 1590. The zero-order valence-corrected chi connectivity index (χ0v) is 24.1. The van der Waals surface area contributed by atoms with Crippen LogP contribution in [0.2, 0.25) is 0 Å². The number of anilines is 3. The predicted molar refractivity (Wildman–Crippen MR) is 164 cm³/mol. The molecule has 0 atom stereocenters. The summed E-state index contributed by atoms with van der Waals surface area (Å²) in [6.07, 6.45) is 4.23. The molecule has 3 heterocycles. The molecule has 5 rings (SSSR count). The van der Waals surface area contributed by atoms with Gasteiger partial charge in [-0.05, 0) is 75.9 Å². The monoisotopic (exact) mass is 555 g/mol. The predicted octanol–water partition coefficient (Wildman–Crippen LogP) is 3.57. The fourth-order valence-corrected chi connectivity index (χ4v) is 5.04. The number of hydrogen-bond donors (Lipinski definition) is 1. The number of benzene rings is 2. The van der Waals surface area contributed by atoms with E-state index in [1.807, 2.05) is 50.4 Å². The topological polar surface area (TPSA) is 95.8 Å². The minimum absolute atomic E-state index is 0.158. The summed E-state index contributed by atoms with van der Waals surface area (Å²) in [4.78, 5) is 42.4. The third kappa shape index (κ3) is 6.39. The van der Waals surface area contributed by atoms with Crippen molar-refractivity contribution in [2.24, 2.45) is 0 Å². The van der Waals surface area contributed by atoms with Crippen LogP contribution in [0.25, 0.3) is 16.6 Å². The molecule has 41 heavy (non-hydrogen) atoms. The number of rotatable bonds is 9. The van der Waals surface area contributed by atoms with Gasteiger partial charge < -0.3 is 24.8 Å². The number of ether oxygens (including phenoxy) is 1. The Kier molecular flexibility index (Phi) is 8.61. The van der Waals surface area contributed by atoms with E-state index in [4.69, 9.17) is 9.72 Å². The summed E-state index contributed by atoms with van der Waals surface area (Å²) in [6.45, 7) is 6.53. The normalized spacial score (nSPS) is 13.5. The van der Waals surface area contributed by atoms with Crippen LogP contribution in [0.1, 0.15) is 22.3 Å². The summed E-state index contributed by atoms with van der Waals surface area (Å²) in [5, 5.41) is 3.52. The number of carbonyl (C=O) groups excluding carboxylic acids is 1. The van der Waals surface area contributed by atoms with Crippen molar-refractivity contribution in [3.05, 3.63) is 82.5 Å². The SMILES string of the molecule is Cc1ccc(NC(=O)c2ccnc(N3CCOCC3)c2)cc1-n1cnc2c(N(C)CCCN(C)C)cccc2c1=O. The number of nitrogens with one attached hydrogen (secondary N) is 1. The Morgan fingerprint density at radius 1 is 1.02 bits per heavy atom. The average Bonchev–Trinajstić information content (AvgIpc) is 2.98. The number of morpholine rings is 1. The Labute approximate surface area is 240 Å². The highest BCUT2D eigenvalue weighted by atomic mass is 16.5. The van der Waals surface area contributed by atoms with Crippen molar-refractivity contribution in [2.45, 2.75) is 13.3 Å². The first kappa shape index (κ1) is 28.3. The van der Waals surface area contributed by atoms with Crippen LogP contribution >= 0.6 is 0 Å². The lowest BCUT2D eigenvalue weighted by molar-refractivity contribution is 0.102. The van der Waals surface area contributed by atoms with Crippen molar-refractivity contribution in [3.8, 4) is 5.69 Å². The highest BCUT2D eigenvalue weighted by Crippen LogP contribution is 2.24. The van der Waals surface area contributed by atoms with Gasteiger partial charge in [-0.3, -0.25) is 14.2 Å². The molecule has 0 unspecified atom stereocenters. The van der Waals surface area contributed by atoms with Crippen LogP contribution in [0.5, 0.6) is 0 Å². The molecule has 1 N–H and O–H groups in total. The molecule has 1 aliphatic heterocycles. The zero-order valence-electron chi connectivity index (χ0n) is 24.1. The molecule has 0 aliphatic carbocycles. The minimum Gasteiger partial charge on any atom is -0.378 e. The fourth-order valence-electron chi connectivity index (χ4n) is 5.04. The van der Waals surface area contributed by atoms with Gasteiger partial charge in [-0.15, -0.1) is 0 Å². The molecule has 2 aromatic carbocycles. The second-order valence-electron chi connectivity index (χ2n) is 10.6. The Morgan fingerprint density at radius 2 is 1.83 bits per heavy atom. The standard InChI is InChI=1S/C31H37N7O3/c1-22-9-10-24(34-30(39)23-11-12-32-28(19-23)37-15-17-41-18-16-37)20-27(22)38-21-33-29-25(31(38)40)7-5-8-26(29)36(4)14-6-13-35(2)3/h5,7-12,19-21H,6,13-18H2,1-4H3,(H,34,39). The first-order valence-electron chi connectivity index (χ1n) is 13.9. The number of nitrogens with zero attached hydrogens (tertiary/aromatic N) is 6. The molecule has 0 spiro atoms. The maximum Gasteiger partial charge on any atom is 0.265 e. The van der Waals surface area contributed by atoms with Crippen molar-refractivity contribution in [2.75, 3.05) is 75.7 Å². The van der Waals surface area contributed by atoms with Crippen LogP contribution < -0.4 is 20.7 Å². The Morgan fingerprint density at radius 3 is 2.61 bits per heavy atom. The molecule has 10 nitrogen and oxygen atoms in total. The number of pyridine rings is 1. The number of fused-ring (bicyclic) bond motifs is 1.